The van der Waals surface area contributed by atoms with Crippen LogP contribution in [0.5, 0.6) is 0 Å². The van der Waals surface area contributed by atoms with Crippen molar-refractivity contribution in [2.24, 2.45) is 10.3 Å². The number of halogens is 11. The highest BCUT2D eigenvalue weighted by atomic mass is 19.4. The summed E-state index contributed by atoms with van der Waals surface area (Å²) in [5.41, 5.74) is -1.78. The Labute approximate surface area is 181 Å². The van der Waals surface area contributed by atoms with Gasteiger partial charge in [-0.2, -0.15) is 39.5 Å². The van der Waals surface area contributed by atoms with Gasteiger partial charge in [0.15, 0.2) is 6.61 Å². The Kier molecular flexibility index (Phi) is 7.37. The number of oxime groups is 1. The number of alkyl halides is 9. The maximum Gasteiger partial charge on any atom is 0.460 e. The minimum atomic E-state index is -7.13. The van der Waals surface area contributed by atoms with Crippen LogP contribution >= 0.6 is 0 Å². The van der Waals surface area contributed by atoms with Crippen LogP contribution in [0.15, 0.2) is 47.2 Å². The van der Waals surface area contributed by atoms with Crippen LogP contribution in [-0.4, -0.2) is 47.6 Å². The summed E-state index contributed by atoms with van der Waals surface area (Å²) in [5, 5.41) is 17.9. The maximum absolute atomic E-state index is 14.1. The van der Waals surface area contributed by atoms with Crippen molar-refractivity contribution in [3.8, 4) is 0 Å². The Morgan fingerprint density at radius 1 is 0.941 bits per heavy atom. The molecule has 1 aromatic heterocycles. The number of hydrogen-bond acceptors (Lipinski definition) is 5. The molecule has 0 atom stereocenters. The van der Waals surface area contributed by atoms with Gasteiger partial charge in [0.25, 0.3) is 0 Å². The molecule has 0 amide bonds. The van der Waals surface area contributed by atoms with Gasteiger partial charge in [-0.1, -0.05) is 9.83 Å². The van der Waals surface area contributed by atoms with E-state index < -0.39 is 59.2 Å². The van der Waals surface area contributed by atoms with Gasteiger partial charge in [-0.05, 0) is 22.8 Å². The molecule has 34 heavy (non-hydrogen) atoms. The van der Waals surface area contributed by atoms with Gasteiger partial charge in [0.2, 0.25) is 12.4 Å². The predicted molar refractivity (Wildman–Crippen MR) is 87.2 cm³/mol. The van der Waals surface area contributed by atoms with Crippen molar-refractivity contribution in [1.82, 2.24) is 4.98 Å². The summed E-state index contributed by atoms with van der Waals surface area (Å²) in [6.45, 7) is -2.80. The molecule has 0 saturated heterocycles. The Bertz CT molecular complexity index is 1050. The van der Waals surface area contributed by atoms with Gasteiger partial charge in [-0.15, -0.1) is 0 Å². The zero-order valence-corrected chi connectivity index (χ0v) is 16.0. The van der Waals surface area contributed by atoms with E-state index in [2.05, 4.69) is 20.1 Å². The summed E-state index contributed by atoms with van der Waals surface area (Å²) >= 11 is 0. The molecule has 1 heterocycles. The zero-order chi connectivity index (χ0) is 25.9. The van der Waals surface area contributed by atoms with Crippen LogP contribution in [0.4, 0.5) is 48.3 Å². The lowest BCUT2D eigenvalue weighted by Crippen LogP contribution is -2.62. The molecule has 6 nitrogen and oxygen atoms in total. The average Bonchev–Trinajstić information content (AvgIpc) is 2.72. The molecule has 17 heteroatoms. The van der Waals surface area contributed by atoms with Crippen molar-refractivity contribution in [1.29, 1.82) is 0 Å². The Hall–Kier alpha value is -3.53. The smallest absolute Gasteiger partial charge is 0.460 e. The quantitative estimate of drug-likeness (QED) is 0.180. The minimum Gasteiger partial charge on any atom is -0.854 e. The molecule has 0 N–H and O–H groups in total. The topological polar surface area (TPSA) is 73.8 Å². The second kappa shape index (κ2) is 9.38. The van der Waals surface area contributed by atoms with E-state index in [-0.39, 0.29) is 6.21 Å². The van der Waals surface area contributed by atoms with E-state index in [9.17, 15) is 53.4 Å². The summed E-state index contributed by atoms with van der Waals surface area (Å²) < 4.78 is 143. The minimum absolute atomic E-state index is 0.00377. The van der Waals surface area contributed by atoms with Crippen LogP contribution in [0.2, 0.25) is 0 Å². The standard InChI is InChI=1S/C17H9F11N4O2/c18-11-5-9(13(33)31-32-3-1-29-2-4-32)6-12(19)10(11)7-30-34-8-14(20,21)15(22,23)16(24,25)17(26,27)28/h1-7H,8H2/b30-7+. The van der Waals surface area contributed by atoms with Crippen LogP contribution in [-0.2, 0) is 4.84 Å². The lowest BCUT2D eigenvalue weighted by Gasteiger charge is -2.32. The zero-order valence-electron chi connectivity index (χ0n) is 16.0. The molecule has 0 radical (unpaired) electrons. The van der Waals surface area contributed by atoms with Crippen molar-refractivity contribution in [2.75, 3.05) is 6.61 Å². The second-order valence-corrected chi connectivity index (χ2v) is 6.24. The fourth-order valence-electron chi connectivity index (χ4n) is 2.08. The van der Waals surface area contributed by atoms with Gasteiger partial charge in [0.05, 0.1) is 30.1 Å². The summed E-state index contributed by atoms with van der Waals surface area (Å²) in [6, 6.07) is 0.870. The average molecular weight is 510 g/mol. The van der Waals surface area contributed by atoms with Gasteiger partial charge in [-0.3, -0.25) is 4.98 Å². The summed E-state index contributed by atoms with van der Waals surface area (Å²) in [5.74, 6) is -24.4. The van der Waals surface area contributed by atoms with Gasteiger partial charge in [-0.25, -0.2) is 8.78 Å². The molecule has 0 aliphatic rings. The molecule has 2 aromatic rings. The predicted octanol–water partition coefficient (Wildman–Crippen LogP) is 3.04. The van der Waals surface area contributed by atoms with Crippen molar-refractivity contribution >= 4 is 12.1 Å². The Morgan fingerprint density at radius 2 is 1.47 bits per heavy atom. The molecule has 0 fully saturated rings. The van der Waals surface area contributed by atoms with Crippen molar-refractivity contribution in [3.05, 3.63) is 59.7 Å². The summed E-state index contributed by atoms with van der Waals surface area (Å²) in [4.78, 5) is 7.21. The van der Waals surface area contributed by atoms with Crippen molar-refractivity contribution in [2.45, 2.75) is 23.9 Å². The molecule has 186 valence electrons. The fraction of sp³-hybridized carbons (Fsp3) is 0.294. The Balaban J connectivity index is 2.17. The van der Waals surface area contributed by atoms with E-state index in [1.54, 1.807) is 0 Å². The third-order valence-electron chi connectivity index (χ3n) is 3.86. The maximum atomic E-state index is 14.1. The lowest BCUT2D eigenvalue weighted by atomic mass is 10.1. The number of rotatable bonds is 8. The molecular weight excluding hydrogens is 501 g/mol. The first-order valence-electron chi connectivity index (χ1n) is 8.43. The fourth-order valence-corrected chi connectivity index (χ4v) is 2.08. The van der Waals surface area contributed by atoms with Gasteiger partial charge in [0, 0.05) is 0 Å². The van der Waals surface area contributed by atoms with Crippen molar-refractivity contribution < 1.29 is 62.9 Å². The second-order valence-electron chi connectivity index (χ2n) is 6.24. The molecule has 0 aliphatic heterocycles. The molecule has 0 bridgehead atoms. The van der Waals surface area contributed by atoms with Crippen LogP contribution in [0.3, 0.4) is 0 Å². The van der Waals surface area contributed by atoms with E-state index in [4.69, 9.17) is 0 Å². The lowest BCUT2D eigenvalue weighted by molar-refractivity contribution is -0.682. The van der Waals surface area contributed by atoms with E-state index in [1.165, 1.54) is 24.8 Å². The van der Waals surface area contributed by atoms with E-state index in [0.29, 0.717) is 12.1 Å². The number of nitrogens with zero attached hydrogens (tertiary/aromatic N) is 4. The Morgan fingerprint density at radius 3 is 1.97 bits per heavy atom. The highest BCUT2D eigenvalue weighted by Gasteiger charge is 2.82. The highest BCUT2D eigenvalue weighted by Crippen LogP contribution is 2.53. The monoisotopic (exact) mass is 510 g/mol. The number of benzene rings is 1. The normalized spacial score (nSPS) is 14.0. The van der Waals surface area contributed by atoms with Crippen molar-refractivity contribution in [3.63, 3.8) is 0 Å². The summed E-state index contributed by atoms with van der Waals surface area (Å²) in [6.07, 6.45) is -2.11. The van der Waals surface area contributed by atoms with E-state index in [1.807, 2.05) is 0 Å². The molecule has 0 saturated carbocycles. The van der Waals surface area contributed by atoms with Crippen LogP contribution < -0.4 is 9.78 Å². The van der Waals surface area contributed by atoms with Crippen LogP contribution in [0.1, 0.15) is 11.1 Å². The molecule has 0 unspecified atom stereocenters. The van der Waals surface area contributed by atoms with Gasteiger partial charge < -0.3 is 9.94 Å². The molecular formula is C17H9F11N4O2. The third-order valence-corrected chi connectivity index (χ3v) is 3.86. The van der Waals surface area contributed by atoms with E-state index >= 15 is 0 Å². The molecule has 2 rings (SSSR count). The van der Waals surface area contributed by atoms with Gasteiger partial charge in [0.1, 0.15) is 11.6 Å². The molecule has 0 spiro atoms. The SMILES string of the molecule is [O-]/C(=N\[n+]1ccncc1)c1cc(F)c(/C=N/OCC(F)(F)C(F)(F)C(F)(F)C(F)(F)F)c(F)c1. The van der Waals surface area contributed by atoms with Gasteiger partial charge >= 0.3 is 23.9 Å². The first kappa shape index (κ1) is 26.7. The van der Waals surface area contributed by atoms with Crippen LogP contribution in [0, 0.1) is 11.6 Å². The number of hydrogen-bond donors (Lipinski definition) is 0. The van der Waals surface area contributed by atoms with E-state index in [0.717, 1.165) is 4.68 Å². The largest absolute Gasteiger partial charge is 0.854 e. The third kappa shape index (κ3) is 5.33. The first-order valence-corrected chi connectivity index (χ1v) is 8.43. The molecule has 0 aliphatic carbocycles. The highest BCUT2D eigenvalue weighted by molar-refractivity contribution is 5.91. The first-order chi connectivity index (χ1) is 15.5. The van der Waals surface area contributed by atoms with Crippen LogP contribution in [0.25, 0.3) is 0 Å². The molecule has 1 aromatic carbocycles. The summed E-state index contributed by atoms with van der Waals surface area (Å²) in [7, 11) is 0. The number of aromatic nitrogens is 2.